The van der Waals surface area contributed by atoms with Crippen LogP contribution >= 0.6 is 34.0 Å². The van der Waals surface area contributed by atoms with E-state index in [1.54, 1.807) is 0 Å². The summed E-state index contributed by atoms with van der Waals surface area (Å²) in [6, 6.07) is 11.5. The molecule has 8 heteroatoms. The number of likely N-dealkylation sites (N-methyl/N-ethyl adjacent to an activating group) is 1. The molecule has 1 fully saturated rings. The summed E-state index contributed by atoms with van der Waals surface area (Å²) in [5.41, 5.74) is -1.57. The number of hydrogen-bond acceptors (Lipinski definition) is 7. The van der Waals surface area contributed by atoms with Gasteiger partial charge in [0.05, 0.1) is 25.0 Å². The largest absolute Gasteiger partial charge is 0.454 e. The molecule has 2 unspecified atom stereocenters. The number of ketones is 1. The summed E-state index contributed by atoms with van der Waals surface area (Å²) in [7, 11) is 2.16. The Morgan fingerprint density at radius 3 is 2.27 bits per heavy atom. The van der Waals surface area contributed by atoms with E-state index in [-0.39, 0.29) is 24.7 Å². The summed E-state index contributed by atoms with van der Waals surface area (Å²) in [6.07, 6.45) is 2.42. The van der Waals surface area contributed by atoms with Crippen LogP contribution in [0.15, 0.2) is 52.5 Å². The molecule has 0 aromatic carbocycles. The molecule has 1 aliphatic rings. The summed E-state index contributed by atoms with van der Waals surface area (Å²) in [4.78, 5) is 28.2. The molecule has 0 amide bonds. The number of aliphatic hydroxyl groups is 1. The second-order valence-corrected chi connectivity index (χ2v) is 12.1. The molecule has 2 atom stereocenters. The van der Waals surface area contributed by atoms with E-state index in [0.29, 0.717) is 13.0 Å². The van der Waals surface area contributed by atoms with Crippen LogP contribution in [0.2, 0.25) is 0 Å². The minimum absolute atomic E-state index is 0.200. The molecule has 3 aromatic heterocycles. The maximum atomic E-state index is 13.2. The monoisotopic (exact) mass is 504 g/mol. The first-order valence-corrected chi connectivity index (χ1v) is 13.9. The van der Waals surface area contributed by atoms with Crippen LogP contribution in [0.25, 0.3) is 0 Å². The number of rotatable bonds is 11. The van der Waals surface area contributed by atoms with Crippen LogP contribution in [0, 0.1) is 0 Å². The summed E-state index contributed by atoms with van der Waals surface area (Å²) in [5.74, 6) is -0.332. The highest BCUT2D eigenvalue weighted by Gasteiger charge is 2.43. The van der Waals surface area contributed by atoms with Gasteiger partial charge in [0.2, 0.25) is 0 Å². The second-order valence-electron chi connectivity index (χ2n) is 9.11. The van der Waals surface area contributed by atoms with Gasteiger partial charge < -0.3 is 14.3 Å². The Morgan fingerprint density at radius 2 is 1.70 bits per heavy atom. The SMILES string of the molecule is C[N+]1(CCCC(=O)c2cccs2)CCC(OC(=O)C(O)(Cc2cccs2)Cc2cccs2)C1. The molecule has 0 aliphatic carbocycles. The molecule has 4 rings (SSSR count). The highest BCUT2D eigenvalue weighted by Crippen LogP contribution is 2.28. The zero-order chi connectivity index (χ0) is 23.3. The Labute approximate surface area is 206 Å². The van der Waals surface area contributed by atoms with Gasteiger partial charge >= 0.3 is 5.97 Å². The van der Waals surface area contributed by atoms with Gasteiger partial charge in [-0.2, -0.15) is 0 Å². The van der Waals surface area contributed by atoms with Gasteiger partial charge in [0, 0.05) is 41.9 Å². The van der Waals surface area contributed by atoms with E-state index in [4.69, 9.17) is 4.74 Å². The highest BCUT2D eigenvalue weighted by atomic mass is 32.1. The van der Waals surface area contributed by atoms with E-state index < -0.39 is 11.6 Å². The smallest absolute Gasteiger partial charge is 0.339 e. The summed E-state index contributed by atoms with van der Waals surface area (Å²) < 4.78 is 6.68. The second kappa shape index (κ2) is 10.6. The highest BCUT2D eigenvalue weighted by molar-refractivity contribution is 7.12. The average Bonchev–Trinajstić information content (AvgIpc) is 3.57. The number of Topliss-reactive ketones (excluding diaryl/α,β-unsaturated/α-hetero) is 1. The van der Waals surface area contributed by atoms with Crippen molar-refractivity contribution < 1.29 is 23.9 Å². The summed E-state index contributed by atoms with van der Waals surface area (Å²) >= 11 is 4.57. The number of nitrogens with zero attached hydrogens (tertiary/aromatic N) is 1. The van der Waals surface area contributed by atoms with Gasteiger partial charge in [-0.1, -0.05) is 18.2 Å². The van der Waals surface area contributed by atoms with Gasteiger partial charge in [0.15, 0.2) is 17.5 Å². The van der Waals surface area contributed by atoms with E-state index in [9.17, 15) is 14.7 Å². The maximum absolute atomic E-state index is 13.2. The molecular formula is C25H30NO4S3+. The molecule has 4 heterocycles. The molecule has 0 spiro atoms. The fraction of sp³-hybridized carbons (Fsp3) is 0.440. The lowest BCUT2D eigenvalue weighted by Crippen LogP contribution is -2.47. The molecule has 33 heavy (non-hydrogen) atoms. The van der Waals surface area contributed by atoms with E-state index >= 15 is 0 Å². The minimum atomic E-state index is -1.57. The van der Waals surface area contributed by atoms with Gasteiger partial charge in [-0.15, -0.1) is 34.0 Å². The van der Waals surface area contributed by atoms with Crippen molar-refractivity contribution in [1.82, 2.24) is 0 Å². The Kier molecular flexibility index (Phi) is 7.81. The molecule has 5 nitrogen and oxygen atoms in total. The molecule has 3 aromatic rings. The zero-order valence-corrected chi connectivity index (χ0v) is 21.2. The van der Waals surface area contributed by atoms with E-state index in [1.165, 1.54) is 34.0 Å². The molecule has 1 aliphatic heterocycles. The summed E-state index contributed by atoms with van der Waals surface area (Å²) in [5, 5.41) is 17.2. The number of likely N-dealkylation sites (tertiary alicyclic amines) is 1. The Balaban J connectivity index is 1.32. The number of quaternary nitrogens is 1. The quantitative estimate of drug-likeness (QED) is 0.231. The molecule has 0 saturated carbocycles. The fourth-order valence-electron chi connectivity index (χ4n) is 4.48. The first kappa shape index (κ1) is 24.3. The number of carbonyl (C=O) groups excluding carboxylic acids is 2. The van der Waals surface area contributed by atoms with Crippen LogP contribution < -0.4 is 0 Å². The number of thiophene rings is 3. The van der Waals surface area contributed by atoms with Gasteiger partial charge in [-0.25, -0.2) is 4.79 Å². The first-order chi connectivity index (χ1) is 15.9. The number of ether oxygens (including phenoxy) is 1. The van der Waals surface area contributed by atoms with Crippen molar-refractivity contribution in [3.8, 4) is 0 Å². The van der Waals surface area contributed by atoms with Crippen molar-refractivity contribution in [3.05, 3.63) is 67.2 Å². The normalized spacial score (nSPS) is 20.7. The van der Waals surface area contributed by atoms with E-state index in [2.05, 4.69) is 7.05 Å². The summed E-state index contributed by atoms with van der Waals surface area (Å²) in [6.45, 7) is 2.49. The van der Waals surface area contributed by atoms with Crippen LogP contribution in [-0.4, -0.2) is 59.7 Å². The Morgan fingerprint density at radius 1 is 1.06 bits per heavy atom. The lowest BCUT2D eigenvalue weighted by molar-refractivity contribution is -0.899. The lowest BCUT2D eigenvalue weighted by atomic mass is 9.93. The van der Waals surface area contributed by atoms with Gasteiger partial charge in [-0.05, 0) is 34.3 Å². The predicted octanol–water partition coefficient (Wildman–Crippen LogP) is 4.81. The average molecular weight is 505 g/mol. The van der Waals surface area contributed by atoms with Gasteiger partial charge in [0.1, 0.15) is 6.54 Å². The van der Waals surface area contributed by atoms with Crippen LogP contribution in [0.3, 0.4) is 0 Å². The van der Waals surface area contributed by atoms with Crippen LogP contribution in [0.4, 0.5) is 0 Å². The van der Waals surface area contributed by atoms with Crippen molar-refractivity contribution in [2.24, 2.45) is 0 Å². The zero-order valence-electron chi connectivity index (χ0n) is 18.8. The molecule has 0 radical (unpaired) electrons. The standard InChI is InChI=1S/C25H30NO4S3/c1-26(11-2-8-22(27)23-9-5-15-33-23)12-10-19(18-26)30-24(28)25(29,16-20-6-3-13-31-20)17-21-7-4-14-32-21/h3-7,9,13-15,19,29H,2,8,10-12,16-18H2,1H3/q+1. The van der Waals surface area contributed by atoms with Crippen LogP contribution in [0.1, 0.15) is 38.7 Å². The number of hydrogen-bond donors (Lipinski definition) is 1. The van der Waals surface area contributed by atoms with Gasteiger partial charge in [0.25, 0.3) is 0 Å². The van der Waals surface area contributed by atoms with Gasteiger partial charge in [-0.3, -0.25) is 4.79 Å². The molecule has 0 bridgehead atoms. The molecule has 176 valence electrons. The van der Waals surface area contributed by atoms with E-state index in [1.807, 2.05) is 52.5 Å². The number of carbonyl (C=O) groups is 2. The number of esters is 1. The van der Waals surface area contributed by atoms with Crippen molar-refractivity contribution >= 4 is 45.8 Å². The Bertz CT molecular complexity index is 994. The first-order valence-electron chi connectivity index (χ1n) is 11.2. The topological polar surface area (TPSA) is 63.6 Å². The third kappa shape index (κ3) is 6.39. The molecule has 1 saturated heterocycles. The third-order valence-electron chi connectivity index (χ3n) is 6.28. The van der Waals surface area contributed by atoms with Crippen molar-refractivity contribution in [1.29, 1.82) is 0 Å². The molecule has 1 N–H and O–H groups in total. The van der Waals surface area contributed by atoms with E-state index in [0.717, 1.165) is 45.0 Å². The van der Waals surface area contributed by atoms with Crippen molar-refractivity contribution in [3.63, 3.8) is 0 Å². The van der Waals surface area contributed by atoms with Crippen LogP contribution in [0.5, 0.6) is 0 Å². The predicted molar refractivity (Wildman–Crippen MR) is 134 cm³/mol. The van der Waals surface area contributed by atoms with Crippen molar-refractivity contribution in [2.45, 2.75) is 43.8 Å². The fourth-order valence-corrected chi connectivity index (χ4v) is 6.80. The van der Waals surface area contributed by atoms with Crippen molar-refractivity contribution in [2.75, 3.05) is 26.7 Å². The third-order valence-corrected chi connectivity index (χ3v) is 8.94. The van der Waals surface area contributed by atoms with Crippen LogP contribution in [-0.2, 0) is 22.4 Å². The molecular weight excluding hydrogens is 474 g/mol. The minimum Gasteiger partial charge on any atom is -0.454 e. The lowest BCUT2D eigenvalue weighted by Gasteiger charge is -2.30. The maximum Gasteiger partial charge on any atom is 0.339 e. The Hall–Kier alpha value is -1.84.